The molecule has 0 unspecified atom stereocenters. The summed E-state index contributed by atoms with van der Waals surface area (Å²) in [4.78, 5) is 11.9. The van der Waals surface area contributed by atoms with E-state index in [-0.39, 0.29) is 30.4 Å². The van der Waals surface area contributed by atoms with E-state index in [1.807, 2.05) is 25.1 Å². The monoisotopic (exact) mass is 288 g/mol. The van der Waals surface area contributed by atoms with Crippen LogP contribution in [0.2, 0.25) is 0 Å². The summed E-state index contributed by atoms with van der Waals surface area (Å²) in [5, 5.41) is 2.74. The summed E-state index contributed by atoms with van der Waals surface area (Å²) >= 11 is 0. The number of nitrogens with one attached hydrogen (secondary N) is 1. The van der Waals surface area contributed by atoms with Crippen LogP contribution in [0.15, 0.2) is 42.5 Å². The Labute approximate surface area is 122 Å². The van der Waals surface area contributed by atoms with E-state index < -0.39 is 5.82 Å². The molecule has 5 heteroatoms. The number of ether oxygens (including phenoxy) is 1. The molecule has 0 atom stereocenters. The molecule has 0 aromatic heterocycles. The Kier molecular flexibility index (Phi) is 4.90. The van der Waals surface area contributed by atoms with Gasteiger partial charge in [0.25, 0.3) is 5.91 Å². The summed E-state index contributed by atoms with van der Waals surface area (Å²) in [6.45, 7) is 1.71. The second kappa shape index (κ2) is 6.85. The number of carbonyl (C=O) groups excluding carboxylic acids is 1. The molecule has 0 heterocycles. The fourth-order valence-corrected chi connectivity index (χ4v) is 1.91. The van der Waals surface area contributed by atoms with Crippen molar-refractivity contribution in [3.8, 4) is 5.75 Å². The molecule has 0 radical (unpaired) electrons. The number of carbonyl (C=O) groups is 1. The highest BCUT2D eigenvalue weighted by Gasteiger charge is 2.10. The molecule has 3 N–H and O–H groups in total. The average molecular weight is 288 g/mol. The molecular weight excluding hydrogens is 271 g/mol. The zero-order chi connectivity index (χ0) is 15.2. The quantitative estimate of drug-likeness (QED) is 0.889. The Morgan fingerprint density at radius 3 is 2.71 bits per heavy atom. The van der Waals surface area contributed by atoms with Gasteiger partial charge in [-0.1, -0.05) is 24.3 Å². The summed E-state index contributed by atoms with van der Waals surface area (Å²) in [5.74, 6) is -0.455. The molecule has 1 amide bonds. The number of aryl methyl sites for hydroxylation is 1. The molecule has 2 aromatic rings. The first-order valence-electron chi connectivity index (χ1n) is 6.57. The van der Waals surface area contributed by atoms with Crippen molar-refractivity contribution >= 4 is 11.6 Å². The lowest BCUT2D eigenvalue weighted by Crippen LogP contribution is -2.21. The summed E-state index contributed by atoms with van der Waals surface area (Å²) < 4.78 is 18.9. The van der Waals surface area contributed by atoms with Gasteiger partial charge in [0.2, 0.25) is 0 Å². The van der Waals surface area contributed by atoms with Crippen molar-refractivity contribution in [3.63, 3.8) is 0 Å². The highest BCUT2D eigenvalue weighted by molar-refractivity contribution is 5.92. The van der Waals surface area contributed by atoms with Crippen molar-refractivity contribution in [3.05, 3.63) is 59.4 Å². The topological polar surface area (TPSA) is 64.3 Å². The van der Waals surface area contributed by atoms with Gasteiger partial charge in [0.05, 0.1) is 0 Å². The van der Waals surface area contributed by atoms with Gasteiger partial charge in [-0.25, -0.2) is 4.39 Å². The van der Waals surface area contributed by atoms with Crippen molar-refractivity contribution in [1.29, 1.82) is 0 Å². The van der Waals surface area contributed by atoms with Gasteiger partial charge in [-0.3, -0.25) is 4.79 Å². The molecule has 2 rings (SSSR count). The fraction of sp³-hybridized carbons (Fsp3) is 0.188. The number of halogens is 1. The van der Waals surface area contributed by atoms with Crippen LogP contribution in [0, 0.1) is 12.7 Å². The standard InChI is InChI=1S/C16H17FN2O2/c1-11-5-2-3-7-14(11)19-16(20)10-21-15-8-4-6-13(17)12(15)9-18/h2-8H,9-10,18H2,1H3,(H,19,20). The van der Waals surface area contributed by atoms with Gasteiger partial charge in [-0.05, 0) is 30.7 Å². The van der Waals surface area contributed by atoms with Crippen molar-refractivity contribution in [2.75, 3.05) is 11.9 Å². The average Bonchev–Trinajstić information content (AvgIpc) is 2.47. The normalized spacial score (nSPS) is 10.2. The SMILES string of the molecule is Cc1ccccc1NC(=O)COc1cccc(F)c1CN. The van der Waals surface area contributed by atoms with Crippen LogP contribution in [0.1, 0.15) is 11.1 Å². The van der Waals surface area contributed by atoms with Crippen LogP contribution in [-0.2, 0) is 11.3 Å². The maximum Gasteiger partial charge on any atom is 0.262 e. The molecule has 0 saturated heterocycles. The Morgan fingerprint density at radius 2 is 2.00 bits per heavy atom. The Morgan fingerprint density at radius 1 is 1.24 bits per heavy atom. The van der Waals surface area contributed by atoms with Crippen LogP contribution in [0.4, 0.5) is 10.1 Å². The van der Waals surface area contributed by atoms with Crippen LogP contribution in [0.25, 0.3) is 0 Å². The summed E-state index contributed by atoms with van der Waals surface area (Å²) in [6.07, 6.45) is 0. The first-order chi connectivity index (χ1) is 10.1. The molecule has 4 nitrogen and oxygen atoms in total. The maximum absolute atomic E-state index is 13.5. The van der Waals surface area contributed by atoms with Crippen LogP contribution in [-0.4, -0.2) is 12.5 Å². The number of anilines is 1. The molecule has 0 aliphatic carbocycles. The molecule has 0 bridgehead atoms. The Hall–Kier alpha value is -2.40. The smallest absolute Gasteiger partial charge is 0.262 e. The van der Waals surface area contributed by atoms with Crippen molar-refractivity contribution in [1.82, 2.24) is 0 Å². The lowest BCUT2D eigenvalue weighted by atomic mass is 10.2. The van der Waals surface area contributed by atoms with Gasteiger partial charge >= 0.3 is 0 Å². The number of hydrogen-bond donors (Lipinski definition) is 2. The first-order valence-corrected chi connectivity index (χ1v) is 6.57. The molecule has 0 spiro atoms. The van der Waals surface area contributed by atoms with Gasteiger partial charge in [0, 0.05) is 17.8 Å². The van der Waals surface area contributed by atoms with Crippen LogP contribution < -0.4 is 15.8 Å². The minimum atomic E-state index is -0.436. The number of hydrogen-bond acceptors (Lipinski definition) is 3. The third kappa shape index (κ3) is 3.79. The zero-order valence-corrected chi connectivity index (χ0v) is 11.7. The molecule has 0 saturated carbocycles. The molecule has 21 heavy (non-hydrogen) atoms. The second-order valence-corrected chi connectivity index (χ2v) is 4.57. The van der Waals surface area contributed by atoms with Gasteiger partial charge in [0.1, 0.15) is 11.6 Å². The summed E-state index contributed by atoms with van der Waals surface area (Å²) in [5.41, 5.74) is 7.43. The van der Waals surface area contributed by atoms with Gasteiger partial charge in [-0.2, -0.15) is 0 Å². The molecule has 0 aliphatic heterocycles. The molecule has 0 aliphatic rings. The molecule has 2 aromatic carbocycles. The summed E-state index contributed by atoms with van der Waals surface area (Å²) in [7, 11) is 0. The van der Waals surface area contributed by atoms with E-state index in [2.05, 4.69) is 5.32 Å². The van der Waals surface area contributed by atoms with E-state index >= 15 is 0 Å². The predicted molar refractivity (Wildman–Crippen MR) is 79.6 cm³/mol. The Bertz CT molecular complexity index is 644. The van der Waals surface area contributed by atoms with E-state index in [0.717, 1.165) is 11.3 Å². The number of rotatable bonds is 5. The summed E-state index contributed by atoms with van der Waals surface area (Å²) in [6, 6.07) is 11.8. The highest BCUT2D eigenvalue weighted by Crippen LogP contribution is 2.21. The minimum Gasteiger partial charge on any atom is -0.483 e. The predicted octanol–water partition coefficient (Wildman–Crippen LogP) is 2.61. The van der Waals surface area contributed by atoms with Crippen molar-refractivity contribution in [2.45, 2.75) is 13.5 Å². The lowest BCUT2D eigenvalue weighted by Gasteiger charge is -2.12. The number of benzene rings is 2. The zero-order valence-electron chi connectivity index (χ0n) is 11.7. The van der Waals surface area contributed by atoms with Gasteiger partial charge < -0.3 is 15.8 Å². The maximum atomic E-state index is 13.5. The van der Waals surface area contributed by atoms with Gasteiger partial charge in [0.15, 0.2) is 6.61 Å². The molecule has 0 fully saturated rings. The van der Waals surface area contributed by atoms with Crippen LogP contribution in [0.3, 0.4) is 0 Å². The van der Waals surface area contributed by atoms with E-state index in [9.17, 15) is 9.18 Å². The molecule has 110 valence electrons. The molecular formula is C16H17FN2O2. The van der Waals surface area contributed by atoms with Crippen LogP contribution in [0.5, 0.6) is 5.75 Å². The number of para-hydroxylation sites is 1. The third-order valence-electron chi connectivity index (χ3n) is 3.06. The fourth-order valence-electron chi connectivity index (χ4n) is 1.91. The van der Waals surface area contributed by atoms with Gasteiger partial charge in [-0.15, -0.1) is 0 Å². The van der Waals surface area contributed by atoms with E-state index in [4.69, 9.17) is 10.5 Å². The minimum absolute atomic E-state index is 0.0153. The number of nitrogens with two attached hydrogens (primary N) is 1. The second-order valence-electron chi connectivity index (χ2n) is 4.57. The number of amides is 1. The van der Waals surface area contributed by atoms with Crippen molar-refractivity contribution < 1.29 is 13.9 Å². The van der Waals surface area contributed by atoms with Crippen molar-refractivity contribution in [2.24, 2.45) is 5.73 Å². The largest absolute Gasteiger partial charge is 0.483 e. The van der Waals surface area contributed by atoms with Crippen LogP contribution >= 0.6 is 0 Å². The highest BCUT2D eigenvalue weighted by atomic mass is 19.1. The third-order valence-corrected chi connectivity index (χ3v) is 3.06. The lowest BCUT2D eigenvalue weighted by molar-refractivity contribution is -0.118. The van der Waals surface area contributed by atoms with E-state index in [1.54, 1.807) is 12.1 Å². The first kappa shape index (κ1) is 15.0. The van der Waals surface area contributed by atoms with E-state index in [1.165, 1.54) is 12.1 Å². The Balaban J connectivity index is 1.99. The van der Waals surface area contributed by atoms with E-state index in [0.29, 0.717) is 0 Å².